The lowest BCUT2D eigenvalue weighted by atomic mass is 10.0. The van der Waals surface area contributed by atoms with Gasteiger partial charge >= 0.3 is 0 Å². The van der Waals surface area contributed by atoms with Crippen LogP contribution < -0.4 is 16.1 Å². The van der Waals surface area contributed by atoms with Crippen LogP contribution in [0.2, 0.25) is 0 Å². The van der Waals surface area contributed by atoms with Gasteiger partial charge < -0.3 is 10.6 Å². The van der Waals surface area contributed by atoms with E-state index < -0.39 is 0 Å². The quantitative estimate of drug-likeness (QED) is 0.245. The van der Waals surface area contributed by atoms with E-state index in [-0.39, 0.29) is 17.4 Å². The molecule has 0 aromatic heterocycles. The van der Waals surface area contributed by atoms with Gasteiger partial charge in [-0.3, -0.25) is 14.8 Å². The van der Waals surface area contributed by atoms with Crippen LogP contribution >= 0.6 is 0 Å². The number of benzene rings is 2. The Morgan fingerprint density at radius 3 is 2.27 bits per heavy atom. The Balaban J connectivity index is 1.35. The monoisotopic (exact) mass is 409 g/mol. The topological polar surface area (TPSA) is 90.5 Å². The van der Waals surface area contributed by atoms with Gasteiger partial charge in [0.05, 0.1) is 0 Å². The molecule has 2 amide bonds. The maximum atomic E-state index is 12.3. The molecule has 0 aliphatic heterocycles. The second kappa shape index (κ2) is 10.9. The molecule has 0 bridgehead atoms. The van der Waals surface area contributed by atoms with Gasteiger partial charge in [0.25, 0.3) is 5.91 Å². The second-order valence-electron chi connectivity index (χ2n) is 7.95. The molecule has 2 aromatic carbocycles. The standard InChI is InChI=1S/C24H31N3O3/c28-22(27-30)10-6-1-2-7-17-25-23(29)20-13-11-19(12-14-20)18-26-24(15-16-24)21-8-4-3-5-9-21/h3-5,8-9,11-14,26,30H,1-2,6-7,10,15-18H2,(H,25,29)(H,27,28). The first-order chi connectivity index (χ1) is 14.6. The molecule has 1 aliphatic rings. The lowest BCUT2D eigenvalue weighted by molar-refractivity contribution is -0.129. The zero-order valence-electron chi connectivity index (χ0n) is 17.3. The molecule has 0 saturated heterocycles. The van der Waals surface area contributed by atoms with E-state index in [1.54, 1.807) is 5.48 Å². The highest BCUT2D eigenvalue weighted by molar-refractivity contribution is 5.94. The molecule has 0 atom stereocenters. The van der Waals surface area contributed by atoms with E-state index in [0.29, 0.717) is 18.5 Å². The van der Waals surface area contributed by atoms with Crippen molar-refractivity contribution >= 4 is 11.8 Å². The van der Waals surface area contributed by atoms with Crippen LogP contribution in [0.15, 0.2) is 54.6 Å². The van der Waals surface area contributed by atoms with Crippen LogP contribution in [0.3, 0.4) is 0 Å². The Hall–Kier alpha value is -2.70. The lowest BCUT2D eigenvalue weighted by Gasteiger charge is -2.18. The average Bonchev–Trinajstić information content (AvgIpc) is 3.59. The summed E-state index contributed by atoms with van der Waals surface area (Å²) in [5, 5.41) is 15.1. The van der Waals surface area contributed by atoms with Crippen LogP contribution in [0.25, 0.3) is 0 Å². The summed E-state index contributed by atoms with van der Waals surface area (Å²) < 4.78 is 0. The number of hydrogen-bond donors (Lipinski definition) is 4. The fraction of sp³-hybridized carbons (Fsp3) is 0.417. The van der Waals surface area contributed by atoms with Crippen molar-refractivity contribution in [3.63, 3.8) is 0 Å². The maximum absolute atomic E-state index is 12.3. The molecule has 0 heterocycles. The highest BCUT2D eigenvalue weighted by Crippen LogP contribution is 2.45. The summed E-state index contributed by atoms with van der Waals surface area (Å²) in [5.74, 6) is -0.411. The number of hydroxylamine groups is 1. The van der Waals surface area contributed by atoms with Crippen LogP contribution in [0, 0.1) is 0 Å². The van der Waals surface area contributed by atoms with Crippen molar-refractivity contribution in [3.05, 3.63) is 71.3 Å². The fourth-order valence-electron chi connectivity index (χ4n) is 3.62. The number of amides is 2. The molecule has 4 N–H and O–H groups in total. The average molecular weight is 410 g/mol. The maximum Gasteiger partial charge on any atom is 0.251 e. The normalized spacial score (nSPS) is 14.2. The summed E-state index contributed by atoms with van der Waals surface area (Å²) in [5.41, 5.74) is 4.92. The summed E-state index contributed by atoms with van der Waals surface area (Å²) in [4.78, 5) is 23.2. The SMILES string of the molecule is O=C(CCCCCCNC(=O)c1ccc(CNC2(c3ccccc3)CC2)cc1)NO. The number of nitrogens with one attached hydrogen (secondary N) is 3. The molecule has 3 rings (SSSR count). The summed E-state index contributed by atoms with van der Waals surface area (Å²) in [6, 6.07) is 18.3. The minimum atomic E-state index is -0.352. The van der Waals surface area contributed by atoms with E-state index in [0.717, 1.165) is 45.1 Å². The van der Waals surface area contributed by atoms with Crippen LogP contribution in [0.4, 0.5) is 0 Å². The summed E-state index contributed by atoms with van der Waals surface area (Å²) in [7, 11) is 0. The molecular weight excluding hydrogens is 378 g/mol. The summed E-state index contributed by atoms with van der Waals surface area (Å²) in [6.07, 6.45) is 6.09. The smallest absolute Gasteiger partial charge is 0.251 e. The Labute approximate surface area is 178 Å². The van der Waals surface area contributed by atoms with Crippen molar-refractivity contribution in [2.45, 2.75) is 57.0 Å². The van der Waals surface area contributed by atoms with Crippen LogP contribution in [-0.4, -0.2) is 23.6 Å². The van der Waals surface area contributed by atoms with Gasteiger partial charge in [-0.05, 0) is 48.9 Å². The second-order valence-corrected chi connectivity index (χ2v) is 7.95. The minimum Gasteiger partial charge on any atom is -0.352 e. The molecule has 0 radical (unpaired) electrons. The van der Waals surface area contributed by atoms with Gasteiger partial charge in [-0.2, -0.15) is 0 Å². The van der Waals surface area contributed by atoms with Crippen LogP contribution in [0.1, 0.15) is 66.4 Å². The molecule has 1 saturated carbocycles. The molecule has 30 heavy (non-hydrogen) atoms. The van der Waals surface area contributed by atoms with Gasteiger partial charge in [0, 0.05) is 30.6 Å². The van der Waals surface area contributed by atoms with Gasteiger partial charge in [0.2, 0.25) is 5.91 Å². The zero-order chi connectivity index (χ0) is 21.2. The van der Waals surface area contributed by atoms with Gasteiger partial charge in [0.15, 0.2) is 0 Å². The zero-order valence-corrected chi connectivity index (χ0v) is 17.3. The third kappa shape index (κ3) is 6.40. The minimum absolute atomic E-state index is 0.0582. The van der Waals surface area contributed by atoms with E-state index >= 15 is 0 Å². The third-order valence-corrected chi connectivity index (χ3v) is 5.66. The third-order valence-electron chi connectivity index (χ3n) is 5.66. The number of unbranched alkanes of at least 4 members (excludes halogenated alkanes) is 3. The van der Waals surface area contributed by atoms with Crippen LogP contribution in [0.5, 0.6) is 0 Å². The molecular formula is C24H31N3O3. The van der Waals surface area contributed by atoms with E-state index in [2.05, 4.69) is 34.9 Å². The fourth-order valence-corrected chi connectivity index (χ4v) is 3.62. The van der Waals surface area contributed by atoms with E-state index in [9.17, 15) is 9.59 Å². The number of hydrogen-bond acceptors (Lipinski definition) is 4. The molecule has 160 valence electrons. The predicted molar refractivity (Wildman–Crippen MR) is 116 cm³/mol. The summed E-state index contributed by atoms with van der Waals surface area (Å²) in [6.45, 7) is 1.40. The molecule has 1 fully saturated rings. The first-order valence-electron chi connectivity index (χ1n) is 10.7. The largest absolute Gasteiger partial charge is 0.352 e. The van der Waals surface area contributed by atoms with E-state index in [1.165, 1.54) is 11.1 Å². The Morgan fingerprint density at radius 1 is 0.900 bits per heavy atom. The first-order valence-corrected chi connectivity index (χ1v) is 10.7. The van der Waals surface area contributed by atoms with E-state index in [1.807, 2.05) is 30.3 Å². The number of carbonyl (C=O) groups is 2. The Morgan fingerprint density at radius 2 is 1.60 bits per heavy atom. The predicted octanol–water partition coefficient (Wildman–Crippen LogP) is 3.65. The lowest BCUT2D eigenvalue weighted by Crippen LogP contribution is -2.28. The van der Waals surface area contributed by atoms with Crippen molar-refractivity contribution in [1.82, 2.24) is 16.1 Å². The van der Waals surface area contributed by atoms with Crippen LogP contribution in [-0.2, 0) is 16.9 Å². The molecule has 1 aliphatic carbocycles. The van der Waals surface area contributed by atoms with Crippen molar-refractivity contribution in [2.24, 2.45) is 0 Å². The molecule has 2 aromatic rings. The van der Waals surface area contributed by atoms with Crippen molar-refractivity contribution < 1.29 is 14.8 Å². The number of rotatable bonds is 12. The van der Waals surface area contributed by atoms with Crippen molar-refractivity contribution in [3.8, 4) is 0 Å². The van der Waals surface area contributed by atoms with Gasteiger partial charge in [-0.15, -0.1) is 0 Å². The highest BCUT2D eigenvalue weighted by atomic mass is 16.5. The molecule has 0 spiro atoms. The van der Waals surface area contributed by atoms with Crippen molar-refractivity contribution in [2.75, 3.05) is 6.54 Å². The Bertz CT molecular complexity index is 817. The van der Waals surface area contributed by atoms with Gasteiger partial charge in [-0.25, -0.2) is 5.48 Å². The highest BCUT2D eigenvalue weighted by Gasteiger charge is 2.43. The Kier molecular flexibility index (Phi) is 7.99. The van der Waals surface area contributed by atoms with Gasteiger partial charge in [-0.1, -0.05) is 55.3 Å². The first kappa shape index (κ1) is 22.0. The summed E-state index contributed by atoms with van der Waals surface area (Å²) >= 11 is 0. The number of carbonyl (C=O) groups excluding carboxylic acids is 2. The molecule has 6 heteroatoms. The molecule has 0 unspecified atom stereocenters. The van der Waals surface area contributed by atoms with Gasteiger partial charge in [0.1, 0.15) is 0 Å². The van der Waals surface area contributed by atoms with Crippen molar-refractivity contribution in [1.29, 1.82) is 0 Å². The molecule has 6 nitrogen and oxygen atoms in total. The van der Waals surface area contributed by atoms with E-state index in [4.69, 9.17) is 5.21 Å².